The first kappa shape index (κ1) is 30.3. The van der Waals surface area contributed by atoms with Gasteiger partial charge in [0.2, 0.25) is 0 Å². The van der Waals surface area contributed by atoms with Crippen molar-refractivity contribution in [3.05, 3.63) is 53.1 Å². The number of methoxy groups -OCH3 is 2. The number of benzene rings is 2. The van der Waals surface area contributed by atoms with Crippen LogP contribution in [0.1, 0.15) is 62.5 Å². The fourth-order valence-corrected chi connectivity index (χ4v) is 5.43. The van der Waals surface area contributed by atoms with Gasteiger partial charge in [-0.15, -0.1) is 0 Å². The molecule has 0 aromatic heterocycles. The molecular weight excluding hydrogens is 539 g/mol. The molecule has 1 amide bonds. The van der Waals surface area contributed by atoms with Crippen molar-refractivity contribution in [2.24, 2.45) is 5.92 Å². The van der Waals surface area contributed by atoms with Crippen molar-refractivity contribution in [1.29, 1.82) is 0 Å². The lowest BCUT2D eigenvalue weighted by Crippen LogP contribution is -2.57. The predicted octanol–water partition coefficient (Wildman–Crippen LogP) is 5.38. The predicted molar refractivity (Wildman–Crippen MR) is 138 cm³/mol. The Balaban J connectivity index is 2.26. The van der Waals surface area contributed by atoms with Crippen LogP contribution in [-0.4, -0.2) is 45.6 Å². The van der Waals surface area contributed by atoms with Gasteiger partial charge >= 0.3 is 21.6 Å². The van der Waals surface area contributed by atoms with Crippen molar-refractivity contribution in [3.63, 3.8) is 0 Å². The van der Waals surface area contributed by atoms with Crippen molar-refractivity contribution in [2.75, 3.05) is 19.1 Å². The quantitative estimate of drug-likeness (QED) is 0.250. The van der Waals surface area contributed by atoms with E-state index in [4.69, 9.17) is 9.47 Å². The number of anilines is 1. The first-order chi connectivity index (χ1) is 17.9. The zero-order valence-electron chi connectivity index (χ0n) is 22.8. The van der Waals surface area contributed by atoms with Gasteiger partial charge in [0.1, 0.15) is 17.0 Å². The molecule has 0 saturated heterocycles. The number of hydrogen-bond acceptors (Lipinski definition) is 7. The maximum atomic E-state index is 14.1. The summed E-state index contributed by atoms with van der Waals surface area (Å²) in [6, 6.07) is 8.58. The molecule has 39 heavy (non-hydrogen) atoms. The van der Waals surface area contributed by atoms with E-state index in [9.17, 15) is 31.2 Å². The Morgan fingerprint density at radius 3 is 2.21 bits per heavy atom. The maximum Gasteiger partial charge on any atom is 0.534 e. The number of nitrogens with zero attached hydrogens (tertiary/aromatic N) is 1. The molecule has 12 heteroatoms. The lowest BCUT2D eigenvalue weighted by Gasteiger charge is -2.37. The van der Waals surface area contributed by atoms with E-state index in [1.807, 2.05) is 34.6 Å². The van der Waals surface area contributed by atoms with Gasteiger partial charge in [0.25, 0.3) is 5.91 Å². The number of esters is 1. The smallest absolute Gasteiger partial charge is 0.496 e. The second-order valence-corrected chi connectivity index (χ2v) is 12.4. The van der Waals surface area contributed by atoms with Gasteiger partial charge in [-0.1, -0.05) is 46.8 Å². The molecule has 1 unspecified atom stereocenters. The van der Waals surface area contributed by atoms with Crippen LogP contribution in [0.3, 0.4) is 0 Å². The highest BCUT2D eigenvalue weighted by atomic mass is 32.2. The molecule has 1 aliphatic heterocycles. The van der Waals surface area contributed by atoms with Gasteiger partial charge < -0.3 is 13.7 Å². The van der Waals surface area contributed by atoms with Crippen molar-refractivity contribution >= 4 is 27.7 Å². The molecular formula is C27H32F3NO7S. The minimum atomic E-state index is -6.01. The highest BCUT2D eigenvalue weighted by Gasteiger charge is 2.56. The summed E-state index contributed by atoms with van der Waals surface area (Å²) in [6.07, 6.45) is -0.248. The maximum absolute atomic E-state index is 14.1. The summed E-state index contributed by atoms with van der Waals surface area (Å²) in [7, 11) is -3.41. The Hall–Kier alpha value is -3.28. The van der Waals surface area contributed by atoms with Gasteiger partial charge in [-0.05, 0) is 47.6 Å². The first-order valence-corrected chi connectivity index (χ1v) is 13.5. The number of alkyl halides is 3. The van der Waals surface area contributed by atoms with Gasteiger partial charge in [-0.25, -0.2) is 4.79 Å². The summed E-state index contributed by atoms with van der Waals surface area (Å²) in [4.78, 5) is 28.7. The van der Waals surface area contributed by atoms with Crippen molar-refractivity contribution in [2.45, 2.75) is 63.9 Å². The van der Waals surface area contributed by atoms with E-state index in [2.05, 4.69) is 4.18 Å². The lowest BCUT2D eigenvalue weighted by molar-refractivity contribution is -0.147. The standard InChI is InChI=1S/C27H32F3NO7S/c1-16(2)14-26(24(33)37-7)15-18-20(9-8-10-21(18)38-39(34,35)27(28,29)30)31(26)23(32)17-11-12-19(25(3,4)5)22(13-17)36-6/h8-13,16H,14-15H2,1-7H3. The zero-order valence-corrected chi connectivity index (χ0v) is 23.6. The van der Waals surface area contributed by atoms with Gasteiger partial charge in [0, 0.05) is 17.5 Å². The molecule has 0 saturated carbocycles. The Morgan fingerprint density at radius 1 is 1.05 bits per heavy atom. The molecule has 0 bridgehead atoms. The second-order valence-electron chi connectivity index (χ2n) is 10.8. The van der Waals surface area contributed by atoms with Crippen molar-refractivity contribution < 1.29 is 44.8 Å². The molecule has 3 rings (SSSR count). The molecule has 2 aromatic carbocycles. The fraction of sp³-hybridized carbons (Fsp3) is 0.481. The molecule has 0 fully saturated rings. The zero-order chi connectivity index (χ0) is 29.6. The van der Waals surface area contributed by atoms with Crippen molar-refractivity contribution in [1.82, 2.24) is 0 Å². The average molecular weight is 572 g/mol. The van der Waals surface area contributed by atoms with Gasteiger partial charge in [-0.2, -0.15) is 21.6 Å². The van der Waals surface area contributed by atoms with Crippen molar-refractivity contribution in [3.8, 4) is 11.5 Å². The largest absolute Gasteiger partial charge is 0.534 e. The van der Waals surface area contributed by atoms with Crippen LogP contribution in [0.4, 0.5) is 18.9 Å². The summed E-state index contributed by atoms with van der Waals surface area (Å²) in [5.74, 6) is -1.81. The van der Waals surface area contributed by atoms with Crippen LogP contribution < -0.4 is 13.8 Å². The van der Waals surface area contributed by atoms with E-state index in [0.29, 0.717) is 5.75 Å². The molecule has 0 aliphatic carbocycles. The Morgan fingerprint density at radius 2 is 1.69 bits per heavy atom. The molecule has 1 heterocycles. The van der Waals surface area contributed by atoms with E-state index in [1.165, 1.54) is 30.2 Å². The number of hydrogen-bond donors (Lipinski definition) is 0. The van der Waals surface area contributed by atoms with E-state index in [0.717, 1.165) is 18.7 Å². The second kappa shape index (κ2) is 10.4. The van der Waals surface area contributed by atoms with E-state index >= 15 is 0 Å². The fourth-order valence-electron chi connectivity index (χ4n) is 4.94. The number of amides is 1. The molecule has 0 N–H and O–H groups in total. The Labute approximate surface area is 226 Å². The molecule has 0 spiro atoms. The summed E-state index contributed by atoms with van der Waals surface area (Å²) < 4.78 is 78.2. The van der Waals surface area contributed by atoms with Crippen LogP contribution in [0.5, 0.6) is 11.5 Å². The molecule has 214 valence electrons. The Kier molecular flexibility index (Phi) is 8.04. The molecule has 8 nitrogen and oxygen atoms in total. The third-order valence-corrected chi connectivity index (χ3v) is 7.47. The Bertz CT molecular complexity index is 1380. The first-order valence-electron chi connectivity index (χ1n) is 12.1. The van der Waals surface area contributed by atoms with E-state index in [-0.39, 0.29) is 41.0 Å². The van der Waals surface area contributed by atoms with Crippen LogP contribution in [0, 0.1) is 5.92 Å². The van der Waals surface area contributed by atoms with Crippen LogP contribution in [0.25, 0.3) is 0 Å². The third-order valence-electron chi connectivity index (χ3n) is 6.50. The minimum Gasteiger partial charge on any atom is -0.496 e. The highest BCUT2D eigenvalue weighted by Crippen LogP contribution is 2.48. The summed E-state index contributed by atoms with van der Waals surface area (Å²) in [6.45, 7) is 9.55. The summed E-state index contributed by atoms with van der Waals surface area (Å²) in [5, 5.41) is 0. The topological polar surface area (TPSA) is 99.2 Å². The van der Waals surface area contributed by atoms with E-state index < -0.39 is 38.8 Å². The summed E-state index contributed by atoms with van der Waals surface area (Å²) >= 11 is 0. The monoisotopic (exact) mass is 571 g/mol. The van der Waals surface area contributed by atoms with Crippen LogP contribution in [-0.2, 0) is 31.5 Å². The molecule has 1 atom stereocenters. The number of halogens is 3. The average Bonchev–Trinajstić information content (AvgIpc) is 3.16. The van der Waals surface area contributed by atoms with E-state index in [1.54, 1.807) is 12.1 Å². The number of carbonyl (C=O) groups excluding carboxylic acids is 2. The minimum absolute atomic E-state index is 0.0389. The number of carbonyl (C=O) groups is 2. The van der Waals surface area contributed by atoms with Gasteiger partial charge in [0.15, 0.2) is 0 Å². The van der Waals surface area contributed by atoms with Gasteiger partial charge in [0.05, 0.1) is 19.9 Å². The van der Waals surface area contributed by atoms with Gasteiger partial charge in [-0.3, -0.25) is 9.69 Å². The lowest BCUT2D eigenvalue weighted by atomic mass is 9.84. The number of rotatable bonds is 7. The molecule has 2 aromatic rings. The van der Waals surface area contributed by atoms with Crippen LogP contribution >= 0.6 is 0 Å². The number of ether oxygens (including phenoxy) is 2. The normalized spacial score (nSPS) is 17.7. The van der Waals surface area contributed by atoms with Crippen LogP contribution in [0.15, 0.2) is 36.4 Å². The SMILES string of the molecule is COC(=O)C1(CC(C)C)Cc2c(OS(=O)(=O)C(F)(F)F)cccc2N1C(=O)c1ccc(C(C)(C)C)c(OC)c1. The van der Waals surface area contributed by atoms with Crippen LogP contribution in [0.2, 0.25) is 0 Å². The molecule has 1 aliphatic rings. The summed E-state index contributed by atoms with van der Waals surface area (Å²) in [5.41, 5.74) is -6.68. The number of fused-ring (bicyclic) bond motifs is 1. The third kappa shape index (κ3) is 5.57. The highest BCUT2D eigenvalue weighted by molar-refractivity contribution is 7.88. The molecule has 0 radical (unpaired) electrons.